The SMILES string of the molecule is C/C=C\C(=C/CC)C(N)c1ccccc1. The maximum Gasteiger partial charge on any atom is 0.0548 e. The summed E-state index contributed by atoms with van der Waals surface area (Å²) >= 11 is 0. The van der Waals surface area contributed by atoms with Crippen LogP contribution >= 0.6 is 0 Å². The zero-order valence-electron chi connectivity index (χ0n) is 9.48. The first-order valence-electron chi connectivity index (χ1n) is 5.42. The van der Waals surface area contributed by atoms with E-state index in [2.05, 4.69) is 31.2 Å². The van der Waals surface area contributed by atoms with E-state index in [9.17, 15) is 0 Å². The van der Waals surface area contributed by atoms with E-state index in [0.717, 1.165) is 12.0 Å². The van der Waals surface area contributed by atoms with Crippen molar-refractivity contribution in [3.63, 3.8) is 0 Å². The van der Waals surface area contributed by atoms with Gasteiger partial charge in [-0.2, -0.15) is 0 Å². The van der Waals surface area contributed by atoms with Crippen molar-refractivity contribution in [1.29, 1.82) is 0 Å². The largest absolute Gasteiger partial charge is 0.320 e. The van der Waals surface area contributed by atoms with Gasteiger partial charge in [-0.3, -0.25) is 0 Å². The molecular formula is C14H19N. The van der Waals surface area contributed by atoms with Crippen LogP contribution in [0.15, 0.2) is 54.1 Å². The van der Waals surface area contributed by atoms with Crippen molar-refractivity contribution in [1.82, 2.24) is 0 Å². The molecule has 80 valence electrons. The third kappa shape index (κ3) is 3.37. The van der Waals surface area contributed by atoms with E-state index in [1.165, 1.54) is 5.57 Å². The Labute approximate surface area is 92.3 Å². The number of hydrogen-bond acceptors (Lipinski definition) is 1. The number of rotatable bonds is 4. The van der Waals surface area contributed by atoms with Crippen molar-refractivity contribution in [2.24, 2.45) is 5.73 Å². The summed E-state index contributed by atoms with van der Waals surface area (Å²) in [6, 6.07) is 10.2. The first kappa shape index (κ1) is 11.7. The van der Waals surface area contributed by atoms with Crippen molar-refractivity contribution >= 4 is 0 Å². The van der Waals surface area contributed by atoms with Crippen LogP contribution in [0.3, 0.4) is 0 Å². The first-order chi connectivity index (χ1) is 7.29. The average Bonchev–Trinajstić information content (AvgIpc) is 2.29. The molecule has 0 heterocycles. The van der Waals surface area contributed by atoms with Gasteiger partial charge in [0.15, 0.2) is 0 Å². The van der Waals surface area contributed by atoms with E-state index >= 15 is 0 Å². The van der Waals surface area contributed by atoms with Gasteiger partial charge in [0.1, 0.15) is 0 Å². The molecule has 0 bridgehead atoms. The second-order valence-corrected chi connectivity index (χ2v) is 3.50. The van der Waals surface area contributed by atoms with Gasteiger partial charge in [0, 0.05) is 0 Å². The molecule has 0 fully saturated rings. The van der Waals surface area contributed by atoms with Gasteiger partial charge in [-0.05, 0) is 24.5 Å². The summed E-state index contributed by atoms with van der Waals surface area (Å²) in [5.41, 5.74) is 8.54. The van der Waals surface area contributed by atoms with Crippen LogP contribution in [0, 0.1) is 0 Å². The fourth-order valence-corrected chi connectivity index (χ4v) is 1.58. The van der Waals surface area contributed by atoms with Crippen molar-refractivity contribution in [3.05, 3.63) is 59.7 Å². The lowest BCUT2D eigenvalue weighted by molar-refractivity contribution is 0.861. The number of benzene rings is 1. The summed E-state index contributed by atoms with van der Waals surface area (Å²) in [4.78, 5) is 0. The molecule has 1 heteroatoms. The molecule has 1 aromatic rings. The van der Waals surface area contributed by atoms with Gasteiger partial charge >= 0.3 is 0 Å². The molecule has 2 N–H and O–H groups in total. The Balaban J connectivity index is 2.91. The van der Waals surface area contributed by atoms with E-state index in [4.69, 9.17) is 5.73 Å². The standard InChI is InChI=1S/C14H19N/c1-3-8-12(9-4-2)14(15)13-10-6-5-7-11-13/h3,5-11,14H,4,15H2,1-2H3/b8-3-,12-9+. The van der Waals surface area contributed by atoms with Gasteiger partial charge in [-0.1, -0.05) is 55.5 Å². The van der Waals surface area contributed by atoms with Gasteiger partial charge in [0.25, 0.3) is 0 Å². The first-order valence-corrected chi connectivity index (χ1v) is 5.42. The van der Waals surface area contributed by atoms with Crippen molar-refractivity contribution in [2.45, 2.75) is 26.3 Å². The molecule has 0 amide bonds. The Morgan fingerprint density at radius 1 is 1.33 bits per heavy atom. The molecule has 15 heavy (non-hydrogen) atoms. The Hall–Kier alpha value is -1.34. The molecule has 0 spiro atoms. The highest BCUT2D eigenvalue weighted by molar-refractivity contribution is 5.33. The van der Waals surface area contributed by atoms with Gasteiger partial charge in [-0.15, -0.1) is 0 Å². The summed E-state index contributed by atoms with van der Waals surface area (Å²) in [7, 11) is 0. The molecule has 1 nitrogen and oxygen atoms in total. The summed E-state index contributed by atoms with van der Waals surface area (Å²) in [5.74, 6) is 0. The lowest BCUT2D eigenvalue weighted by Gasteiger charge is -2.13. The molecule has 1 rings (SSSR count). The van der Waals surface area contributed by atoms with E-state index in [1.54, 1.807) is 0 Å². The second-order valence-electron chi connectivity index (χ2n) is 3.50. The Bertz CT molecular complexity index is 336. The smallest absolute Gasteiger partial charge is 0.0548 e. The number of allylic oxidation sites excluding steroid dienone is 2. The van der Waals surface area contributed by atoms with Gasteiger partial charge in [0.05, 0.1) is 6.04 Å². The van der Waals surface area contributed by atoms with Crippen LogP contribution < -0.4 is 5.73 Å². The molecule has 0 aliphatic rings. The third-order valence-electron chi connectivity index (χ3n) is 2.32. The Kier molecular flexibility index (Phi) is 4.85. The van der Waals surface area contributed by atoms with Crippen LogP contribution in [0.4, 0.5) is 0 Å². The minimum atomic E-state index is -0.0117. The predicted molar refractivity (Wildman–Crippen MR) is 66.6 cm³/mol. The zero-order chi connectivity index (χ0) is 11.1. The second kappa shape index (κ2) is 6.20. The Morgan fingerprint density at radius 3 is 2.53 bits per heavy atom. The molecule has 0 saturated heterocycles. The quantitative estimate of drug-likeness (QED) is 0.740. The summed E-state index contributed by atoms with van der Waals surface area (Å²) in [6.07, 6.45) is 7.31. The van der Waals surface area contributed by atoms with Crippen LogP contribution in [-0.4, -0.2) is 0 Å². The highest BCUT2D eigenvalue weighted by atomic mass is 14.6. The molecule has 0 aromatic heterocycles. The fraction of sp³-hybridized carbons (Fsp3) is 0.286. The van der Waals surface area contributed by atoms with Gasteiger partial charge in [0.2, 0.25) is 0 Å². The zero-order valence-corrected chi connectivity index (χ0v) is 9.48. The summed E-state index contributed by atoms with van der Waals surface area (Å²) in [6.45, 7) is 4.14. The molecule has 0 aliphatic carbocycles. The third-order valence-corrected chi connectivity index (χ3v) is 2.32. The highest BCUT2D eigenvalue weighted by Crippen LogP contribution is 2.20. The van der Waals surface area contributed by atoms with Gasteiger partial charge < -0.3 is 5.73 Å². The topological polar surface area (TPSA) is 26.0 Å². The van der Waals surface area contributed by atoms with Crippen LogP contribution in [0.5, 0.6) is 0 Å². The normalized spacial score (nSPS) is 14.5. The maximum absolute atomic E-state index is 6.19. The molecule has 1 unspecified atom stereocenters. The average molecular weight is 201 g/mol. The monoisotopic (exact) mass is 201 g/mol. The molecule has 1 aromatic carbocycles. The molecular weight excluding hydrogens is 182 g/mol. The summed E-state index contributed by atoms with van der Waals surface area (Å²) in [5, 5.41) is 0. The minimum absolute atomic E-state index is 0.0117. The van der Waals surface area contributed by atoms with Crippen molar-refractivity contribution in [2.75, 3.05) is 0 Å². The summed E-state index contributed by atoms with van der Waals surface area (Å²) < 4.78 is 0. The minimum Gasteiger partial charge on any atom is -0.320 e. The van der Waals surface area contributed by atoms with E-state index in [1.807, 2.05) is 31.2 Å². The van der Waals surface area contributed by atoms with E-state index in [0.29, 0.717) is 0 Å². The Morgan fingerprint density at radius 2 is 2.00 bits per heavy atom. The molecule has 0 saturated carbocycles. The lowest BCUT2D eigenvalue weighted by Crippen LogP contribution is -2.11. The van der Waals surface area contributed by atoms with Crippen LogP contribution in [0.25, 0.3) is 0 Å². The number of hydrogen-bond donors (Lipinski definition) is 1. The predicted octanol–water partition coefficient (Wildman–Crippen LogP) is 3.60. The van der Waals surface area contributed by atoms with Crippen molar-refractivity contribution in [3.8, 4) is 0 Å². The van der Waals surface area contributed by atoms with Crippen LogP contribution in [0.2, 0.25) is 0 Å². The van der Waals surface area contributed by atoms with E-state index < -0.39 is 0 Å². The van der Waals surface area contributed by atoms with E-state index in [-0.39, 0.29) is 6.04 Å². The highest BCUT2D eigenvalue weighted by Gasteiger charge is 2.07. The van der Waals surface area contributed by atoms with Crippen LogP contribution in [0.1, 0.15) is 31.9 Å². The molecule has 1 atom stereocenters. The van der Waals surface area contributed by atoms with Crippen LogP contribution in [-0.2, 0) is 0 Å². The molecule has 0 radical (unpaired) electrons. The fourth-order valence-electron chi connectivity index (χ4n) is 1.58. The number of nitrogens with two attached hydrogens (primary N) is 1. The van der Waals surface area contributed by atoms with Gasteiger partial charge in [-0.25, -0.2) is 0 Å². The van der Waals surface area contributed by atoms with Crippen molar-refractivity contribution < 1.29 is 0 Å². The lowest BCUT2D eigenvalue weighted by atomic mass is 9.98. The molecule has 0 aliphatic heterocycles. The maximum atomic E-state index is 6.19.